The third kappa shape index (κ3) is 4.12. The van der Waals surface area contributed by atoms with Gasteiger partial charge in [-0.3, -0.25) is 19.3 Å². The number of imide groups is 1. The van der Waals surface area contributed by atoms with Crippen LogP contribution in [0.5, 0.6) is 0 Å². The van der Waals surface area contributed by atoms with E-state index in [0.717, 1.165) is 24.2 Å². The Hall–Kier alpha value is -2.12. The number of piperazine rings is 1. The zero-order chi connectivity index (χ0) is 20.4. The molecule has 4 aliphatic rings. The fourth-order valence-electron chi connectivity index (χ4n) is 5.36. The number of hydrogen-bond donors (Lipinski definition) is 1. The maximum absolute atomic E-state index is 12.7. The molecule has 160 valence electrons. The van der Waals surface area contributed by atoms with E-state index >= 15 is 0 Å². The molecule has 8 heteroatoms. The van der Waals surface area contributed by atoms with Gasteiger partial charge in [-0.1, -0.05) is 38.5 Å². The summed E-state index contributed by atoms with van der Waals surface area (Å²) >= 11 is 0. The lowest BCUT2D eigenvalue weighted by Gasteiger charge is -2.35. The molecule has 4 rings (SSSR count). The molecular formula is C21H32N4O4. The van der Waals surface area contributed by atoms with E-state index in [1.165, 1.54) is 25.7 Å². The summed E-state index contributed by atoms with van der Waals surface area (Å²) in [6.07, 6.45) is 9.81. The fourth-order valence-corrected chi connectivity index (χ4v) is 5.36. The van der Waals surface area contributed by atoms with Crippen molar-refractivity contribution in [3.8, 4) is 0 Å². The van der Waals surface area contributed by atoms with Crippen LogP contribution in [0.2, 0.25) is 0 Å². The van der Waals surface area contributed by atoms with Crippen LogP contribution in [-0.4, -0.2) is 76.7 Å². The lowest BCUT2D eigenvalue weighted by molar-refractivity contribution is -0.142. The number of nitrogens with one attached hydrogen (secondary N) is 1. The van der Waals surface area contributed by atoms with Crippen molar-refractivity contribution in [3.63, 3.8) is 0 Å². The number of nitrogens with zero attached hydrogens (tertiary/aromatic N) is 3. The number of amides is 5. The lowest BCUT2D eigenvalue weighted by Crippen LogP contribution is -2.53. The summed E-state index contributed by atoms with van der Waals surface area (Å²) in [4.78, 5) is 54.7. The summed E-state index contributed by atoms with van der Waals surface area (Å²) in [5.41, 5.74) is -0.776. The van der Waals surface area contributed by atoms with Crippen molar-refractivity contribution in [1.82, 2.24) is 20.0 Å². The predicted molar refractivity (Wildman–Crippen MR) is 106 cm³/mol. The zero-order valence-electron chi connectivity index (χ0n) is 17.2. The summed E-state index contributed by atoms with van der Waals surface area (Å²) in [6, 6.07) is -0.453. The summed E-state index contributed by atoms with van der Waals surface area (Å²) in [7, 11) is 0. The molecule has 0 atom stereocenters. The number of rotatable bonds is 5. The lowest BCUT2D eigenvalue weighted by atomic mass is 9.98. The van der Waals surface area contributed by atoms with Gasteiger partial charge in [0.2, 0.25) is 11.8 Å². The molecule has 0 aromatic rings. The Kier molecular flexibility index (Phi) is 5.79. The van der Waals surface area contributed by atoms with Crippen molar-refractivity contribution < 1.29 is 19.2 Å². The first-order valence-corrected chi connectivity index (χ1v) is 11.2. The molecule has 1 N–H and O–H groups in total. The molecule has 2 heterocycles. The molecule has 0 radical (unpaired) electrons. The normalized spacial score (nSPS) is 24.6. The van der Waals surface area contributed by atoms with Gasteiger partial charge < -0.3 is 15.1 Å². The Bertz CT molecular complexity index is 674. The second-order valence-corrected chi connectivity index (χ2v) is 9.06. The van der Waals surface area contributed by atoms with Gasteiger partial charge in [-0.15, -0.1) is 0 Å². The molecule has 2 saturated carbocycles. The Morgan fingerprint density at radius 2 is 1.48 bits per heavy atom. The Balaban J connectivity index is 1.23. The minimum absolute atomic E-state index is 0.182. The number of carbonyl (C=O) groups excluding carboxylic acids is 4. The average molecular weight is 405 g/mol. The highest BCUT2D eigenvalue weighted by Crippen LogP contribution is 2.35. The van der Waals surface area contributed by atoms with Crippen LogP contribution in [0, 0.1) is 5.92 Å². The summed E-state index contributed by atoms with van der Waals surface area (Å²) in [5, 5.41) is 2.81. The van der Waals surface area contributed by atoms with Crippen LogP contribution in [0.3, 0.4) is 0 Å². The molecule has 2 aliphatic carbocycles. The van der Waals surface area contributed by atoms with Gasteiger partial charge in [0.1, 0.15) is 12.1 Å². The van der Waals surface area contributed by atoms with Gasteiger partial charge in [0.05, 0.1) is 0 Å². The minimum atomic E-state index is -0.776. The van der Waals surface area contributed by atoms with Crippen LogP contribution in [0.15, 0.2) is 0 Å². The smallest absolute Gasteiger partial charge is 0.325 e. The van der Waals surface area contributed by atoms with Gasteiger partial charge in [-0.05, 0) is 25.2 Å². The van der Waals surface area contributed by atoms with Crippen molar-refractivity contribution in [2.45, 2.75) is 69.7 Å². The summed E-state index contributed by atoms with van der Waals surface area (Å²) in [6.45, 7) is 1.77. The van der Waals surface area contributed by atoms with E-state index in [1.54, 1.807) is 4.90 Å². The highest BCUT2D eigenvalue weighted by atomic mass is 16.2. The standard InChI is InChI=1S/C21H32N4O4/c26-17(8-7-16-5-1-2-6-16)23-11-13-24(14-12-23)18(27)15-25-19(28)21(22-20(25)29)9-3-4-10-21/h16H,1-15H2,(H,22,29). The van der Waals surface area contributed by atoms with E-state index in [-0.39, 0.29) is 24.3 Å². The fraction of sp³-hybridized carbons (Fsp3) is 0.810. The SMILES string of the molecule is O=C(CCC1CCCC1)N1CCN(C(=O)CN2C(=O)NC3(CCCC3)C2=O)CC1. The van der Waals surface area contributed by atoms with Crippen molar-refractivity contribution in [3.05, 3.63) is 0 Å². The highest BCUT2D eigenvalue weighted by Gasteiger charge is 2.52. The van der Waals surface area contributed by atoms with Crippen LogP contribution in [0.1, 0.15) is 64.2 Å². The molecule has 4 fully saturated rings. The summed E-state index contributed by atoms with van der Waals surface area (Å²) < 4.78 is 0. The van der Waals surface area contributed by atoms with E-state index in [1.807, 2.05) is 4.90 Å². The van der Waals surface area contributed by atoms with Crippen molar-refractivity contribution in [2.24, 2.45) is 5.92 Å². The van der Waals surface area contributed by atoms with E-state index in [2.05, 4.69) is 5.32 Å². The highest BCUT2D eigenvalue weighted by molar-refractivity contribution is 6.09. The second-order valence-electron chi connectivity index (χ2n) is 9.06. The third-order valence-corrected chi connectivity index (χ3v) is 7.22. The quantitative estimate of drug-likeness (QED) is 0.703. The Labute approximate surface area is 171 Å². The van der Waals surface area contributed by atoms with Gasteiger partial charge in [0, 0.05) is 32.6 Å². The minimum Gasteiger partial charge on any atom is -0.339 e. The second kappa shape index (κ2) is 8.32. The van der Waals surface area contributed by atoms with Gasteiger partial charge in [0.25, 0.3) is 5.91 Å². The van der Waals surface area contributed by atoms with Crippen LogP contribution < -0.4 is 5.32 Å². The van der Waals surface area contributed by atoms with E-state index in [0.29, 0.717) is 51.4 Å². The number of urea groups is 1. The molecule has 2 saturated heterocycles. The van der Waals surface area contributed by atoms with E-state index in [9.17, 15) is 19.2 Å². The number of carbonyl (C=O) groups is 4. The molecule has 29 heavy (non-hydrogen) atoms. The summed E-state index contributed by atoms with van der Waals surface area (Å²) in [5.74, 6) is 0.408. The van der Waals surface area contributed by atoms with Crippen molar-refractivity contribution in [2.75, 3.05) is 32.7 Å². The Morgan fingerprint density at radius 1 is 0.897 bits per heavy atom. The van der Waals surface area contributed by atoms with Crippen molar-refractivity contribution in [1.29, 1.82) is 0 Å². The third-order valence-electron chi connectivity index (χ3n) is 7.22. The monoisotopic (exact) mass is 404 g/mol. The van der Waals surface area contributed by atoms with Gasteiger partial charge >= 0.3 is 6.03 Å². The first-order chi connectivity index (χ1) is 14.0. The van der Waals surface area contributed by atoms with E-state index < -0.39 is 11.6 Å². The molecule has 5 amide bonds. The van der Waals surface area contributed by atoms with Gasteiger partial charge in [0.15, 0.2) is 0 Å². The molecule has 0 aromatic heterocycles. The molecule has 8 nitrogen and oxygen atoms in total. The largest absolute Gasteiger partial charge is 0.339 e. The first kappa shape index (κ1) is 20.2. The first-order valence-electron chi connectivity index (χ1n) is 11.2. The maximum Gasteiger partial charge on any atom is 0.325 e. The van der Waals surface area contributed by atoms with Gasteiger partial charge in [-0.25, -0.2) is 4.79 Å². The molecule has 1 spiro atoms. The van der Waals surface area contributed by atoms with E-state index in [4.69, 9.17) is 0 Å². The van der Waals surface area contributed by atoms with Crippen molar-refractivity contribution >= 4 is 23.8 Å². The Morgan fingerprint density at radius 3 is 2.10 bits per heavy atom. The zero-order valence-corrected chi connectivity index (χ0v) is 17.2. The average Bonchev–Trinajstić information content (AvgIpc) is 3.46. The predicted octanol–water partition coefficient (Wildman–Crippen LogP) is 1.49. The molecule has 2 aliphatic heterocycles. The molecule has 0 unspecified atom stereocenters. The number of hydrogen-bond acceptors (Lipinski definition) is 4. The van der Waals surface area contributed by atoms with Crippen LogP contribution in [0.4, 0.5) is 4.79 Å². The molecule has 0 aromatic carbocycles. The molecule has 0 bridgehead atoms. The van der Waals surface area contributed by atoms with Crippen LogP contribution >= 0.6 is 0 Å². The topological polar surface area (TPSA) is 90.0 Å². The van der Waals surface area contributed by atoms with Crippen LogP contribution in [-0.2, 0) is 14.4 Å². The molecular weight excluding hydrogens is 372 g/mol. The maximum atomic E-state index is 12.7. The van der Waals surface area contributed by atoms with Crippen LogP contribution in [0.25, 0.3) is 0 Å². The van der Waals surface area contributed by atoms with Gasteiger partial charge in [-0.2, -0.15) is 0 Å².